The van der Waals surface area contributed by atoms with Gasteiger partial charge in [0.2, 0.25) is 5.91 Å². The number of amides is 1. The van der Waals surface area contributed by atoms with Crippen LogP contribution in [0, 0.1) is 0 Å². The van der Waals surface area contributed by atoms with Crippen molar-refractivity contribution in [3.8, 4) is 0 Å². The normalized spacial score (nSPS) is 22.7. The Balaban J connectivity index is 1.24. The number of nitrogens with zero attached hydrogens (tertiary/aromatic N) is 2. The Bertz CT molecular complexity index is 662. The van der Waals surface area contributed by atoms with E-state index in [2.05, 4.69) is 58.5 Å². The highest BCUT2D eigenvalue weighted by atomic mass is 16.1. The van der Waals surface area contributed by atoms with E-state index < -0.39 is 0 Å². The number of carbonyl (C=O) groups is 1. The van der Waals surface area contributed by atoms with Gasteiger partial charge in [0, 0.05) is 31.7 Å². The van der Waals surface area contributed by atoms with E-state index in [1.165, 1.54) is 70.1 Å². The Kier molecular flexibility index (Phi) is 11.0. The monoisotopic (exact) mass is 442 g/mol. The molecule has 180 valence electrons. The molecule has 5 heteroatoms. The van der Waals surface area contributed by atoms with Crippen molar-refractivity contribution in [2.75, 3.05) is 39.3 Å². The van der Waals surface area contributed by atoms with Gasteiger partial charge in [0.15, 0.2) is 0 Å². The summed E-state index contributed by atoms with van der Waals surface area (Å²) in [7, 11) is 0. The van der Waals surface area contributed by atoms with Gasteiger partial charge in [0.25, 0.3) is 0 Å². The van der Waals surface area contributed by atoms with Crippen LogP contribution >= 0.6 is 0 Å². The van der Waals surface area contributed by atoms with Crippen molar-refractivity contribution >= 4 is 5.91 Å². The summed E-state index contributed by atoms with van der Waals surface area (Å²) in [6, 6.07) is 9.96. The molecule has 2 fully saturated rings. The van der Waals surface area contributed by atoms with E-state index in [1.54, 1.807) is 0 Å². The van der Waals surface area contributed by atoms with Crippen molar-refractivity contribution in [1.29, 1.82) is 0 Å². The smallest absolute Gasteiger partial charge is 0.224 e. The predicted octanol–water partition coefficient (Wildman–Crippen LogP) is 3.96. The topological polar surface area (TPSA) is 47.6 Å². The van der Waals surface area contributed by atoms with Crippen LogP contribution in [-0.2, 0) is 17.8 Å². The molecular formula is C27H46N4O. The lowest BCUT2D eigenvalue weighted by Gasteiger charge is -2.33. The van der Waals surface area contributed by atoms with Crippen LogP contribution < -0.4 is 10.6 Å². The van der Waals surface area contributed by atoms with Crippen molar-refractivity contribution in [1.82, 2.24) is 20.4 Å². The van der Waals surface area contributed by atoms with Crippen LogP contribution in [0.4, 0.5) is 0 Å². The third kappa shape index (κ3) is 8.84. The molecule has 0 spiro atoms. The average Bonchev–Trinajstić information content (AvgIpc) is 2.80. The fourth-order valence-corrected chi connectivity index (χ4v) is 5.15. The molecule has 2 saturated heterocycles. The molecule has 0 saturated carbocycles. The number of carbonyl (C=O) groups excluding carboxylic acids is 1. The molecule has 1 amide bonds. The van der Waals surface area contributed by atoms with Crippen LogP contribution in [-0.4, -0.2) is 67.1 Å². The van der Waals surface area contributed by atoms with E-state index in [4.69, 9.17) is 0 Å². The third-order valence-corrected chi connectivity index (χ3v) is 7.34. The first-order valence-corrected chi connectivity index (χ1v) is 13.1. The van der Waals surface area contributed by atoms with Crippen molar-refractivity contribution < 1.29 is 4.79 Å². The third-order valence-electron chi connectivity index (χ3n) is 7.34. The molecule has 2 heterocycles. The Morgan fingerprint density at radius 3 is 2.00 bits per heavy atom. The summed E-state index contributed by atoms with van der Waals surface area (Å²) in [5, 5.41) is 6.67. The molecule has 2 atom stereocenters. The standard InChI is InChI=1S/C27H46N4O/c1-23-9-3-5-17-30(23)19-7-15-28-22-26-13-11-25(12-14-26)21-27(32)29-16-8-20-31-18-6-4-10-24(31)2/h11-14,23-24,28H,3-10,15-22H2,1-2H3,(H,29,32). The van der Waals surface area contributed by atoms with Gasteiger partial charge in [-0.25, -0.2) is 0 Å². The quantitative estimate of drug-likeness (QED) is 0.481. The van der Waals surface area contributed by atoms with Gasteiger partial charge in [-0.2, -0.15) is 0 Å². The van der Waals surface area contributed by atoms with E-state index >= 15 is 0 Å². The van der Waals surface area contributed by atoms with Crippen LogP contribution in [0.15, 0.2) is 24.3 Å². The number of nitrogens with one attached hydrogen (secondary N) is 2. The van der Waals surface area contributed by atoms with Gasteiger partial charge in [-0.05, 0) is 89.7 Å². The molecule has 5 nitrogen and oxygen atoms in total. The molecule has 3 rings (SSSR count). The summed E-state index contributed by atoms with van der Waals surface area (Å²) in [4.78, 5) is 17.5. The maximum atomic E-state index is 12.3. The van der Waals surface area contributed by atoms with E-state index in [0.717, 1.165) is 44.2 Å². The minimum atomic E-state index is 0.134. The molecule has 0 bridgehead atoms. The van der Waals surface area contributed by atoms with E-state index in [-0.39, 0.29) is 5.91 Å². The van der Waals surface area contributed by atoms with Gasteiger partial charge in [0.1, 0.15) is 0 Å². The molecule has 0 aliphatic carbocycles. The first-order chi connectivity index (χ1) is 15.6. The van der Waals surface area contributed by atoms with Gasteiger partial charge in [-0.15, -0.1) is 0 Å². The number of benzene rings is 1. The lowest BCUT2D eigenvalue weighted by atomic mass is 10.0. The Morgan fingerprint density at radius 1 is 0.844 bits per heavy atom. The second-order valence-corrected chi connectivity index (χ2v) is 9.99. The highest BCUT2D eigenvalue weighted by Gasteiger charge is 2.18. The highest BCUT2D eigenvalue weighted by Crippen LogP contribution is 2.17. The molecule has 1 aromatic rings. The van der Waals surface area contributed by atoms with Crippen molar-refractivity contribution in [2.24, 2.45) is 0 Å². The number of hydrogen-bond donors (Lipinski definition) is 2. The zero-order chi connectivity index (χ0) is 22.6. The number of rotatable bonds is 12. The van der Waals surface area contributed by atoms with Crippen LogP contribution in [0.5, 0.6) is 0 Å². The SMILES string of the molecule is CC1CCCCN1CCCNCc1ccc(CC(=O)NCCCN2CCCCC2C)cc1. The van der Waals surface area contributed by atoms with Crippen LogP contribution in [0.25, 0.3) is 0 Å². The molecular weight excluding hydrogens is 396 g/mol. The molecule has 0 radical (unpaired) electrons. The van der Waals surface area contributed by atoms with Crippen LogP contribution in [0.2, 0.25) is 0 Å². The average molecular weight is 443 g/mol. The molecule has 32 heavy (non-hydrogen) atoms. The summed E-state index contributed by atoms with van der Waals surface area (Å²) in [6.07, 6.45) is 10.8. The van der Waals surface area contributed by atoms with Gasteiger partial charge in [0.05, 0.1) is 6.42 Å². The molecule has 2 N–H and O–H groups in total. The Labute approximate surface area is 196 Å². The van der Waals surface area contributed by atoms with E-state index in [0.29, 0.717) is 12.5 Å². The fourth-order valence-electron chi connectivity index (χ4n) is 5.15. The van der Waals surface area contributed by atoms with Crippen molar-refractivity contribution in [3.63, 3.8) is 0 Å². The largest absolute Gasteiger partial charge is 0.356 e. The Hall–Kier alpha value is -1.43. The lowest BCUT2D eigenvalue weighted by Crippen LogP contribution is -2.39. The van der Waals surface area contributed by atoms with Gasteiger partial charge in [-0.3, -0.25) is 4.79 Å². The molecule has 2 aliphatic rings. The second kappa shape index (κ2) is 14.0. The number of piperidine rings is 2. The summed E-state index contributed by atoms with van der Waals surface area (Å²) < 4.78 is 0. The summed E-state index contributed by atoms with van der Waals surface area (Å²) in [6.45, 7) is 12.2. The van der Waals surface area contributed by atoms with E-state index in [1.807, 2.05) is 0 Å². The first kappa shape index (κ1) is 25.2. The molecule has 2 unspecified atom stereocenters. The van der Waals surface area contributed by atoms with Crippen molar-refractivity contribution in [3.05, 3.63) is 35.4 Å². The van der Waals surface area contributed by atoms with E-state index in [9.17, 15) is 4.79 Å². The summed E-state index contributed by atoms with van der Waals surface area (Å²) >= 11 is 0. The minimum absolute atomic E-state index is 0.134. The predicted molar refractivity (Wildman–Crippen MR) is 134 cm³/mol. The number of likely N-dealkylation sites (tertiary alicyclic amines) is 2. The fraction of sp³-hybridized carbons (Fsp3) is 0.741. The maximum absolute atomic E-state index is 12.3. The van der Waals surface area contributed by atoms with Gasteiger partial charge >= 0.3 is 0 Å². The summed E-state index contributed by atoms with van der Waals surface area (Å²) in [5.74, 6) is 0.134. The molecule has 0 aromatic heterocycles. The minimum Gasteiger partial charge on any atom is -0.356 e. The lowest BCUT2D eigenvalue weighted by molar-refractivity contribution is -0.120. The molecule has 2 aliphatic heterocycles. The first-order valence-electron chi connectivity index (χ1n) is 13.1. The zero-order valence-corrected chi connectivity index (χ0v) is 20.6. The molecule has 1 aromatic carbocycles. The van der Waals surface area contributed by atoms with Gasteiger partial charge < -0.3 is 20.4 Å². The number of hydrogen-bond acceptors (Lipinski definition) is 4. The second-order valence-electron chi connectivity index (χ2n) is 9.99. The van der Waals surface area contributed by atoms with Gasteiger partial charge in [-0.1, -0.05) is 37.1 Å². The van der Waals surface area contributed by atoms with Crippen LogP contribution in [0.1, 0.15) is 76.3 Å². The Morgan fingerprint density at radius 2 is 1.41 bits per heavy atom. The zero-order valence-electron chi connectivity index (χ0n) is 20.6. The highest BCUT2D eigenvalue weighted by molar-refractivity contribution is 5.78. The van der Waals surface area contributed by atoms with Crippen molar-refractivity contribution in [2.45, 2.75) is 90.3 Å². The van der Waals surface area contributed by atoms with Crippen LogP contribution in [0.3, 0.4) is 0 Å². The summed E-state index contributed by atoms with van der Waals surface area (Å²) in [5.41, 5.74) is 2.38. The maximum Gasteiger partial charge on any atom is 0.224 e.